The second-order valence-electron chi connectivity index (χ2n) is 6.71. The Morgan fingerprint density at radius 3 is 2.61 bits per heavy atom. The first-order chi connectivity index (χ1) is 8.70. The van der Waals surface area contributed by atoms with Gasteiger partial charge in [0.05, 0.1) is 11.2 Å². The van der Waals surface area contributed by atoms with Crippen LogP contribution in [0.3, 0.4) is 0 Å². The van der Waals surface area contributed by atoms with Crippen LogP contribution in [-0.4, -0.2) is 37.0 Å². The molecular formula is C15H27NO2. The van der Waals surface area contributed by atoms with Gasteiger partial charge >= 0.3 is 0 Å². The first-order valence-corrected chi connectivity index (χ1v) is 7.71. The molecule has 2 aliphatic heterocycles. The predicted molar refractivity (Wildman–Crippen MR) is 71.8 cm³/mol. The topological polar surface area (TPSA) is 30.5 Å². The second-order valence-corrected chi connectivity index (χ2v) is 6.71. The average Bonchev–Trinajstić information content (AvgIpc) is 2.98. The van der Waals surface area contributed by atoms with E-state index >= 15 is 0 Å². The van der Waals surface area contributed by atoms with Crippen LogP contribution in [0.25, 0.3) is 0 Å². The molecule has 0 aromatic carbocycles. The van der Waals surface area contributed by atoms with Crippen molar-refractivity contribution in [2.24, 2.45) is 0 Å². The molecule has 2 saturated heterocycles. The van der Waals surface area contributed by atoms with E-state index < -0.39 is 0 Å². The maximum atomic E-state index is 6.08. The SMILES string of the molecule is CC1(CNC2CCOC3(CCCC3)C2)CCCO1. The Bertz CT molecular complexity index is 280. The Kier molecular flexibility index (Phi) is 3.65. The van der Waals surface area contributed by atoms with E-state index in [0.29, 0.717) is 6.04 Å². The molecule has 1 aliphatic carbocycles. The normalized spacial score (nSPS) is 39.5. The molecule has 0 bridgehead atoms. The molecule has 1 saturated carbocycles. The summed E-state index contributed by atoms with van der Waals surface area (Å²) in [5, 5.41) is 3.75. The van der Waals surface area contributed by atoms with E-state index in [1.165, 1.54) is 44.9 Å². The highest BCUT2D eigenvalue weighted by Crippen LogP contribution is 2.40. The van der Waals surface area contributed by atoms with Crippen molar-refractivity contribution >= 4 is 0 Å². The summed E-state index contributed by atoms with van der Waals surface area (Å²) < 4.78 is 11.9. The van der Waals surface area contributed by atoms with Crippen LogP contribution in [0.15, 0.2) is 0 Å². The summed E-state index contributed by atoms with van der Waals surface area (Å²) in [6.45, 7) is 5.14. The van der Waals surface area contributed by atoms with E-state index in [-0.39, 0.29) is 11.2 Å². The highest BCUT2D eigenvalue weighted by molar-refractivity contribution is 4.94. The maximum Gasteiger partial charge on any atom is 0.0779 e. The first-order valence-electron chi connectivity index (χ1n) is 7.71. The summed E-state index contributed by atoms with van der Waals surface area (Å²) in [5.41, 5.74) is 0.314. The zero-order valence-corrected chi connectivity index (χ0v) is 11.7. The molecule has 3 rings (SSSR count). The minimum atomic E-state index is 0.0845. The minimum absolute atomic E-state index is 0.0845. The van der Waals surface area contributed by atoms with E-state index in [1.807, 2.05) is 0 Å². The average molecular weight is 253 g/mol. The van der Waals surface area contributed by atoms with Crippen molar-refractivity contribution < 1.29 is 9.47 Å². The van der Waals surface area contributed by atoms with Gasteiger partial charge in [0, 0.05) is 25.8 Å². The molecule has 3 fully saturated rings. The number of hydrogen-bond donors (Lipinski definition) is 1. The maximum absolute atomic E-state index is 6.08. The predicted octanol–water partition coefficient (Wildman–Crippen LogP) is 2.64. The highest BCUT2D eigenvalue weighted by Gasteiger charge is 2.40. The molecule has 0 amide bonds. The molecule has 1 N–H and O–H groups in total. The molecule has 2 unspecified atom stereocenters. The Hall–Kier alpha value is -0.120. The van der Waals surface area contributed by atoms with E-state index in [9.17, 15) is 0 Å². The number of hydrogen-bond acceptors (Lipinski definition) is 3. The minimum Gasteiger partial charge on any atom is -0.375 e. The zero-order valence-electron chi connectivity index (χ0n) is 11.7. The van der Waals surface area contributed by atoms with Crippen molar-refractivity contribution in [3.8, 4) is 0 Å². The van der Waals surface area contributed by atoms with Crippen molar-refractivity contribution in [1.82, 2.24) is 5.32 Å². The zero-order chi connectivity index (χ0) is 12.5. The van der Waals surface area contributed by atoms with Gasteiger partial charge in [-0.25, -0.2) is 0 Å². The fourth-order valence-electron chi connectivity index (χ4n) is 3.91. The van der Waals surface area contributed by atoms with Crippen LogP contribution in [0.1, 0.15) is 58.3 Å². The second kappa shape index (κ2) is 5.10. The number of rotatable bonds is 3. The molecular weight excluding hydrogens is 226 g/mol. The van der Waals surface area contributed by atoms with Crippen molar-refractivity contribution in [3.05, 3.63) is 0 Å². The largest absolute Gasteiger partial charge is 0.375 e. The fraction of sp³-hybridized carbons (Fsp3) is 1.00. The molecule has 0 aromatic heterocycles. The van der Waals surface area contributed by atoms with Gasteiger partial charge in [0.25, 0.3) is 0 Å². The van der Waals surface area contributed by atoms with Gasteiger partial charge in [-0.1, -0.05) is 12.8 Å². The molecule has 1 spiro atoms. The highest BCUT2D eigenvalue weighted by atomic mass is 16.5. The fourth-order valence-corrected chi connectivity index (χ4v) is 3.91. The van der Waals surface area contributed by atoms with Crippen molar-refractivity contribution in [2.45, 2.75) is 75.5 Å². The summed E-state index contributed by atoms with van der Waals surface area (Å²) in [6, 6.07) is 0.637. The van der Waals surface area contributed by atoms with Crippen molar-refractivity contribution in [1.29, 1.82) is 0 Å². The van der Waals surface area contributed by atoms with E-state index in [1.54, 1.807) is 0 Å². The third-order valence-electron chi connectivity index (χ3n) is 5.07. The van der Waals surface area contributed by atoms with Crippen LogP contribution in [0, 0.1) is 0 Å². The summed E-state index contributed by atoms with van der Waals surface area (Å²) in [5.74, 6) is 0. The van der Waals surface area contributed by atoms with Gasteiger partial charge in [0.15, 0.2) is 0 Å². The molecule has 104 valence electrons. The molecule has 18 heavy (non-hydrogen) atoms. The molecule has 3 aliphatic rings. The van der Waals surface area contributed by atoms with Crippen molar-refractivity contribution in [2.75, 3.05) is 19.8 Å². The van der Waals surface area contributed by atoms with Crippen LogP contribution >= 0.6 is 0 Å². The Morgan fingerprint density at radius 1 is 1.06 bits per heavy atom. The van der Waals surface area contributed by atoms with Crippen LogP contribution in [-0.2, 0) is 9.47 Å². The lowest BCUT2D eigenvalue weighted by Crippen LogP contribution is -2.49. The van der Waals surface area contributed by atoms with Crippen molar-refractivity contribution in [3.63, 3.8) is 0 Å². The Morgan fingerprint density at radius 2 is 1.89 bits per heavy atom. The standard InChI is InChI=1S/C15H27NO2/c1-14(6-4-9-17-14)12-16-13-5-10-18-15(11-13)7-2-3-8-15/h13,16H,2-12H2,1H3. The molecule has 2 heterocycles. The molecule has 3 heteroatoms. The Labute approximate surface area is 111 Å². The van der Waals surface area contributed by atoms with Crippen LogP contribution < -0.4 is 5.32 Å². The third kappa shape index (κ3) is 2.73. The molecule has 2 atom stereocenters. The first kappa shape index (κ1) is 12.9. The van der Waals surface area contributed by atoms with Crippen LogP contribution in [0.4, 0.5) is 0 Å². The number of ether oxygens (including phenoxy) is 2. The van der Waals surface area contributed by atoms with Gasteiger partial charge in [0.1, 0.15) is 0 Å². The van der Waals surface area contributed by atoms with Crippen LogP contribution in [0.5, 0.6) is 0 Å². The van der Waals surface area contributed by atoms with Gasteiger partial charge in [-0.15, -0.1) is 0 Å². The summed E-state index contributed by atoms with van der Waals surface area (Å²) in [4.78, 5) is 0. The van der Waals surface area contributed by atoms with E-state index in [2.05, 4.69) is 12.2 Å². The summed E-state index contributed by atoms with van der Waals surface area (Å²) in [7, 11) is 0. The smallest absolute Gasteiger partial charge is 0.0779 e. The molecule has 3 nitrogen and oxygen atoms in total. The Balaban J connectivity index is 1.50. The lowest BCUT2D eigenvalue weighted by atomic mass is 9.88. The van der Waals surface area contributed by atoms with E-state index in [4.69, 9.17) is 9.47 Å². The third-order valence-corrected chi connectivity index (χ3v) is 5.07. The van der Waals surface area contributed by atoms with E-state index in [0.717, 1.165) is 26.2 Å². The van der Waals surface area contributed by atoms with Gasteiger partial charge in [0.2, 0.25) is 0 Å². The monoisotopic (exact) mass is 253 g/mol. The van der Waals surface area contributed by atoms with Gasteiger partial charge in [-0.2, -0.15) is 0 Å². The van der Waals surface area contributed by atoms with Crippen LogP contribution in [0.2, 0.25) is 0 Å². The molecule has 0 radical (unpaired) electrons. The van der Waals surface area contributed by atoms with Gasteiger partial charge < -0.3 is 14.8 Å². The summed E-state index contributed by atoms with van der Waals surface area (Å²) in [6.07, 6.45) is 10.1. The van der Waals surface area contributed by atoms with Gasteiger partial charge in [-0.3, -0.25) is 0 Å². The number of nitrogens with one attached hydrogen (secondary N) is 1. The van der Waals surface area contributed by atoms with Gasteiger partial charge in [-0.05, 0) is 45.4 Å². The lowest BCUT2D eigenvalue weighted by Gasteiger charge is -2.39. The summed E-state index contributed by atoms with van der Waals surface area (Å²) >= 11 is 0. The lowest BCUT2D eigenvalue weighted by molar-refractivity contribution is -0.0862. The molecule has 0 aromatic rings. The quantitative estimate of drug-likeness (QED) is 0.838.